The van der Waals surface area contributed by atoms with E-state index in [1.807, 2.05) is 6.92 Å². The minimum Gasteiger partial charge on any atom is -0.418 e. The summed E-state index contributed by atoms with van der Waals surface area (Å²) >= 11 is 1.04. The second-order valence-corrected chi connectivity index (χ2v) is 3.74. The Morgan fingerprint density at radius 1 is 1.47 bits per heavy atom. The summed E-state index contributed by atoms with van der Waals surface area (Å²) in [6.45, 7) is 1.84. The lowest BCUT2D eigenvalue weighted by Crippen LogP contribution is -2.00. The molecule has 6 heteroatoms. The molecule has 0 aliphatic heterocycles. The number of benzene rings is 1. The van der Waals surface area contributed by atoms with Crippen LogP contribution in [0.25, 0.3) is 0 Å². The number of nitro benzene ring substituents is 1. The van der Waals surface area contributed by atoms with Gasteiger partial charge in [-0.2, -0.15) is 0 Å². The van der Waals surface area contributed by atoms with Gasteiger partial charge in [-0.25, -0.2) is 4.79 Å². The molecule has 0 fully saturated rings. The zero-order chi connectivity index (χ0) is 11.3. The van der Waals surface area contributed by atoms with Crippen molar-refractivity contribution in [2.75, 3.05) is 5.75 Å². The van der Waals surface area contributed by atoms with Crippen molar-refractivity contribution in [3.8, 4) is 5.75 Å². The highest BCUT2D eigenvalue weighted by atomic mass is 32.2. The molecule has 0 amide bonds. The molecule has 0 unspecified atom stereocenters. The Kier molecular flexibility index (Phi) is 4.11. The van der Waals surface area contributed by atoms with Gasteiger partial charge in [0, 0.05) is 17.9 Å². The van der Waals surface area contributed by atoms with Gasteiger partial charge in [-0.05, 0) is 23.9 Å². The average molecular weight is 227 g/mol. The summed E-state index contributed by atoms with van der Waals surface area (Å²) in [6, 6.07) is 5.37. The minimum atomic E-state index is -0.508. The highest BCUT2D eigenvalue weighted by Gasteiger charge is 2.07. The molecule has 0 aliphatic rings. The van der Waals surface area contributed by atoms with Gasteiger partial charge in [0.15, 0.2) is 0 Å². The fourth-order valence-corrected chi connectivity index (χ4v) is 1.27. The van der Waals surface area contributed by atoms with Crippen LogP contribution in [0.4, 0.5) is 10.5 Å². The third kappa shape index (κ3) is 3.59. The summed E-state index contributed by atoms with van der Waals surface area (Å²) in [4.78, 5) is 20.9. The molecule has 1 aromatic rings. The Balaban J connectivity index is 2.64. The Morgan fingerprint density at radius 2 is 2.07 bits per heavy atom. The summed E-state index contributed by atoms with van der Waals surface area (Å²) in [5.41, 5.74) is -0.0297. The number of nitrogens with zero attached hydrogens (tertiary/aromatic N) is 1. The molecule has 0 heterocycles. The van der Waals surface area contributed by atoms with Crippen molar-refractivity contribution in [3.63, 3.8) is 0 Å². The van der Waals surface area contributed by atoms with Gasteiger partial charge in [0.05, 0.1) is 4.92 Å². The molecule has 0 spiro atoms. The second-order valence-electron chi connectivity index (χ2n) is 2.54. The van der Waals surface area contributed by atoms with Crippen LogP contribution in [0.2, 0.25) is 0 Å². The molecule has 0 radical (unpaired) electrons. The minimum absolute atomic E-state index is 0.0297. The SMILES string of the molecule is CCSC(=O)Oc1ccc([N+](=O)[O-])cc1. The normalized spacial score (nSPS) is 9.67. The lowest BCUT2D eigenvalue weighted by molar-refractivity contribution is -0.384. The summed E-state index contributed by atoms with van der Waals surface area (Å²) < 4.78 is 4.89. The first-order valence-corrected chi connectivity index (χ1v) is 5.21. The third-order valence-electron chi connectivity index (χ3n) is 1.51. The van der Waals surface area contributed by atoms with Crippen LogP contribution in [0.5, 0.6) is 5.75 Å². The number of rotatable bonds is 3. The van der Waals surface area contributed by atoms with Gasteiger partial charge in [-0.3, -0.25) is 10.1 Å². The number of ether oxygens (including phenoxy) is 1. The van der Waals surface area contributed by atoms with Crippen molar-refractivity contribution < 1.29 is 14.5 Å². The summed E-state index contributed by atoms with van der Waals surface area (Å²) in [5.74, 6) is 0.942. The molecule has 0 N–H and O–H groups in total. The Morgan fingerprint density at radius 3 is 2.53 bits per heavy atom. The predicted octanol–water partition coefficient (Wildman–Crippen LogP) is 2.85. The molecule has 0 saturated carbocycles. The van der Waals surface area contributed by atoms with Crippen LogP contribution in [-0.2, 0) is 0 Å². The van der Waals surface area contributed by atoms with E-state index in [1.165, 1.54) is 24.3 Å². The number of carbonyl (C=O) groups is 1. The van der Waals surface area contributed by atoms with E-state index in [-0.39, 0.29) is 5.69 Å². The maximum absolute atomic E-state index is 11.0. The van der Waals surface area contributed by atoms with Gasteiger partial charge in [0.1, 0.15) is 5.75 Å². The predicted molar refractivity (Wildman–Crippen MR) is 57.3 cm³/mol. The lowest BCUT2D eigenvalue weighted by atomic mass is 10.3. The molecule has 80 valence electrons. The van der Waals surface area contributed by atoms with Crippen LogP contribution in [0.3, 0.4) is 0 Å². The topological polar surface area (TPSA) is 69.4 Å². The van der Waals surface area contributed by atoms with Crippen LogP contribution in [0.15, 0.2) is 24.3 Å². The smallest absolute Gasteiger partial charge is 0.372 e. The maximum Gasteiger partial charge on any atom is 0.372 e. The van der Waals surface area contributed by atoms with Crippen LogP contribution in [0, 0.1) is 10.1 Å². The van der Waals surface area contributed by atoms with Gasteiger partial charge < -0.3 is 4.74 Å². The lowest BCUT2D eigenvalue weighted by Gasteiger charge is -2.01. The van der Waals surface area contributed by atoms with Crippen LogP contribution < -0.4 is 4.74 Å². The first-order valence-electron chi connectivity index (χ1n) is 4.22. The van der Waals surface area contributed by atoms with E-state index < -0.39 is 10.2 Å². The highest BCUT2D eigenvalue weighted by molar-refractivity contribution is 8.13. The van der Waals surface area contributed by atoms with Crippen molar-refractivity contribution in [2.24, 2.45) is 0 Å². The van der Waals surface area contributed by atoms with Crippen molar-refractivity contribution in [1.82, 2.24) is 0 Å². The van der Waals surface area contributed by atoms with E-state index in [0.717, 1.165) is 11.8 Å². The second kappa shape index (κ2) is 5.35. The first-order chi connectivity index (χ1) is 7.13. The van der Waals surface area contributed by atoms with Crippen molar-refractivity contribution in [2.45, 2.75) is 6.92 Å². The third-order valence-corrected chi connectivity index (χ3v) is 2.12. The monoisotopic (exact) mass is 227 g/mol. The Hall–Kier alpha value is -1.56. The van der Waals surface area contributed by atoms with Gasteiger partial charge in [-0.1, -0.05) is 6.92 Å². The summed E-state index contributed by atoms with van der Waals surface area (Å²) in [7, 11) is 0. The van der Waals surface area contributed by atoms with E-state index >= 15 is 0 Å². The largest absolute Gasteiger partial charge is 0.418 e. The molecule has 1 rings (SSSR count). The Labute approximate surface area is 90.6 Å². The zero-order valence-corrected chi connectivity index (χ0v) is 8.82. The molecule has 0 aliphatic carbocycles. The molecule has 0 saturated heterocycles. The highest BCUT2D eigenvalue weighted by Crippen LogP contribution is 2.19. The van der Waals surface area contributed by atoms with Crippen molar-refractivity contribution in [1.29, 1.82) is 0 Å². The number of carbonyl (C=O) groups excluding carboxylic acids is 1. The fourth-order valence-electron chi connectivity index (χ4n) is 0.879. The first kappa shape index (κ1) is 11.5. The zero-order valence-electron chi connectivity index (χ0n) is 8.00. The average Bonchev–Trinajstić information content (AvgIpc) is 2.18. The molecule has 0 atom stereocenters. The number of thioether (sulfide) groups is 1. The van der Waals surface area contributed by atoms with Crippen LogP contribution in [0.1, 0.15) is 6.92 Å². The van der Waals surface area contributed by atoms with E-state index in [9.17, 15) is 14.9 Å². The van der Waals surface area contributed by atoms with Crippen molar-refractivity contribution in [3.05, 3.63) is 34.4 Å². The summed E-state index contributed by atoms with van der Waals surface area (Å²) in [5, 5.41) is 9.92. The van der Waals surface area contributed by atoms with Gasteiger partial charge >= 0.3 is 5.30 Å². The Bertz CT molecular complexity index is 363. The van der Waals surface area contributed by atoms with E-state index in [2.05, 4.69) is 0 Å². The maximum atomic E-state index is 11.0. The molecule has 0 aromatic heterocycles. The quantitative estimate of drug-likeness (QED) is 0.451. The molecule has 5 nitrogen and oxygen atoms in total. The number of non-ortho nitro benzene ring substituents is 1. The van der Waals surface area contributed by atoms with Gasteiger partial charge in [0.25, 0.3) is 5.69 Å². The van der Waals surface area contributed by atoms with Crippen LogP contribution in [-0.4, -0.2) is 16.0 Å². The van der Waals surface area contributed by atoms with E-state index in [0.29, 0.717) is 11.5 Å². The number of hydrogen-bond acceptors (Lipinski definition) is 5. The molecular formula is C9H9NO4S. The molecule has 1 aromatic carbocycles. The van der Waals surface area contributed by atoms with Crippen molar-refractivity contribution >= 4 is 22.8 Å². The van der Waals surface area contributed by atoms with Crippen LogP contribution >= 0.6 is 11.8 Å². The van der Waals surface area contributed by atoms with E-state index in [4.69, 9.17) is 4.74 Å². The molecular weight excluding hydrogens is 218 g/mol. The van der Waals surface area contributed by atoms with Gasteiger partial charge in [-0.15, -0.1) is 0 Å². The molecule has 0 bridgehead atoms. The van der Waals surface area contributed by atoms with Gasteiger partial charge in [0.2, 0.25) is 0 Å². The summed E-state index contributed by atoms with van der Waals surface area (Å²) in [6.07, 6.45) is 0. The van der Waals surface area contributed by atoms with E-state index in [1.54, 1.807) is 0 Å². The fraction of sp³-hybridized carbons (Fsp3) is 0.222. The number of nitro groups is 1. The number of hydrogen-bond donors (Lipinski definition) is 0. The molecule has 15 heavy (non-hydrogen) atoms. The standard InChI is InChI=1S/C9H9NO4S/c1-2-15-9(11)14-8-5-3-7(4-6-8)10(12)13/h3-6H,2H2,1H3.